The van der Waals surface area contributed by atoms with E-state index in [9.17, 15) is 0 Å². The van der Waals surface area contributed by atoms with Gasteiger partial charge in [0.25, 0.3) is 0 Å². The third-order valence-electron chi connectivity index (χ3n) is 3.40. The van der Waals surface area contributed by atoms with Crippen molar-refractivity contribution in [1.29, 1.82) is 0 Å². The van der Waals surface area contributed by atoms with Crippen molar-refractivity contribution < 1.29 is 4.42 Å². The van der Waals surface area contributed by atoms with Crippen LogP contribution in [0, 0.1) is 6.92 Å². The maximum atomic E-state index is 5.92. The van der Waals surface area contributed by atoms with Crippen LogP contribution < -0.4 is 5.32 Å². The SMILES string of the molecule is CCNCc1oc(CN(C)Cc2ccc(Cl)cc2)cc1C. The van der Waals surface area contributed by atoms with Gasteiger partial charge in [-0.25, -0.2) is 0 Å². The largest absolute Gasteiger partial charge is 0.463 e. The number of hydrogen-bond donors (Lipinski definition) is 1. The van der Waals surface area contributed by atoms with Gasteiger partial charge in [-0.1, -0.05) is 30.7 Å². The highest BCUT2D eigenvalue weighted by molar-refractivity contribution is 6.30. The average Bonchev–Trinajstić information content (AvgIpc) is 2.79. The minimum atomic E-state index is 0.774. The Morgan fingerprint density at radius 1 is 1.19 bits per heavy atom. The number of furan rings is 1. The molecule has 21 heavy (non-hydrogen) atoms. The van der Waals surface area contributed by atoms with Gasteiger partial charge in [0, 0.05) is 11.6 Å². The van der Waals surface area contributed by atoms with Gasteiger partial charge in [0.15, 0.2) is 0 Å². The quantitative estimate of drug-likeness (QED) is 0.838. The van der Waals surface area contributed by atoms with Gasteiger partial charge >= 0.3 is 0 Å². The zero-order chi connectivity index (χ0) is 15.2. The van der Waals surface area contributed by atoms with Gasteiger partial charge in [-0.05, 0) is 49.8 Å². The number of nitrogens with one attached hydrogen (secondary N) is 1. The molecule has 3 nitrogen and oxygen atoms in total. The van der Waals surface area contributed by atoms with Crippen LogP contribution >= 0.6 is 11.6 Å². The monoisotopic (exact) mass is 306 g/mol. The van der Waals surface area contributed by atoms with E-state index in [1.165, 1.54) is 11.1 Å². The first-order valence-electron chi connectivity index (χ1n) is 7.30. The molecular formula is C17H23ClN2O. The van der Waals surface area contributed by atoms with Crippen molar-refractivity contribution in [3.8, 4) is 0 Å². The summed E-state index contributed by atoms with van der Waals surface area (Å²) in [5.41, 5.74) is 2.46. The smallest absolute Gasteiger partial charge is 0.120 e. The summed E-state index contributed by atoms with van der Waals surface area (Å²) in [6.07, 6.45) is 0. The predicted octanol–water partition coefficient (Wildman–Crippen LogP) is 3.98. The Morgan fingerprint density at radius 3 is 2.57 bits per heavy atom. The molecule has 0 saturated heterocycles. The van der Waals surface area contributed by atoms with Gasteiger partial charge in [-0.3, -0.25) is 4.90 Å². The summed E-state index contributed by atoms with van der Waals surface area (Å²) < 4.78 is 5.92. The topological polar surface area (TPSA) is 28.4 Å². The Hall–Kier alpha value is -1.29. The number of aryl methyl sites for hydroxylation is 1. The molecule has 0 aliphatic heterocycles. The summed E-state index contributed by atoms with van der Waals surface area (Å²) in [6.45, 7) is 7.61. The van der Waals surface area contributed by atoms with Crippen LogP contribution in [0.25, 0.3) is 0 Å². The fourth-order valence-electron chi connectivity index (χ4n) is 2.31. The molecule has 0 aliphatic rings. The lowest BCUT2D eigenvalue weighted by Gasteiger charge is -2.15. The van der Waals surface area contributed by atoms with Crippen molar-refractivity contribution in [3.05, 3.63) is 58.0 Å². The van der Waals surface area contributed by atoms with Gasteiger partial charge in [0.05, 0.1) is 13.1 Å². The molecule has 1 aromatic carbocycles. The fourth-order valence-corrected chi connectivity index (χ4v) is 2.43. The Bertz CT molecular complexity index is 563. The van der Waals surface area contributed by atoms with Crippen LogP contribution in [0.3, 0.4) is 0 Å². The minimum absolute atomic E-state index is 0.774. The fraction of sp³-hybridized carbons (Fsp3) is 0.412. The molecule has 0 unspecified atom stereocenters. The zero-order valence-electron chi connectivity index (χ0n) is 12.9. The van der Waals surface area contributed by atoms with E-state index in [1.54, 1.807) is 0 Å². The summed E-state index contributed by atoms with van der Waals surface area (Å²) in [5, 5.41) is 4.07. The number of benzene rings is 1. The molecule has 2 rings (SSSR count). The van der Waals surface area contributed by atoms with E-state index in [0.717, 1.165) is 42.7 Å². The van der Waals surface area contributed by atoms with E-state index in [4.69, 9.17) is 16.0 Å². The molecule has 2 aromatic rings. The predicted molar refractivity (Wildman–Crippen MR) is 87.4 cm³/mol. The highest BCUT2D eigenvalue weighted by atomic mass is 35.5. The van der Waals surface area contributed by atoms with Crippen molar-refractivity contribution in [2.24, 2.45) is 0 Å². The molecule has 4 heteroatoms. The third kappa shape index (κ3) is 4.88. The number of rotatable bonds is 7. The molecule has 1 aromatic heterocycles. The summed E-state index contributed by atoms with van der Waals surface area (Å²) in [6, 6.07) is 10.1. The first kappa shape index (κ1) is 16.1. The highest BCUT2D eigenvalue weighted by Gasteiger charge is 2.09. The molecule has 0 saturated carbocycles. The molecule has 114 valence electrons. The number of nitrogens with zero attached hydrogens (tertiary/aromatic N) is 1. The molecule has 1 heterocycles. The van der Waals surface area contributed by atoms with Crippen molar-refractivity contribution >= 4 is 11.6 Å². The van der Waals surface area contributed by atoms with E-state index in [-0.39, 0.29) is 0 Å². The molecule has 0 aliphatic carbocycles. The first-order chi connectivity index (χ1) is 10.1. The lowest BCUT2D eigenvalue weighted by atomic mass is 10.2. The maximum Gasteiger partial charge on any atom is 0.120 e. The van der Waals surface area contributed by atoms with Gasteiger partial charge in [0.1, 0.15) is 11.5 Å². The van der Waals surface area contributed by atoms with Gasteiger partial charge < -0.3 is 9.73 Å². The van der Waals surface area contributed by atoms with E-state index in [1.807, 2.05) is 12.1 Å². The van der Waals surface area contributed by atoms with Crippen molar-refractivity contribution in [2.45, 2.75) is 33.5 Å². The van der Waals surface area contributed by atoms with Crippen LogP contribution in [-0.4, -0.2) is 18.5 Å². The van der Waals surface area contributed by atoms with Gasteiger partial charge in [-0.15, -0.1) is 0 Å². The normalized spacial score (nSPS) is 11.3. The van der Waals surface area contributed by atoms with Crippen LogP contribution in [-0.2, 0) is 19.6 Å². The highest BCUT2D eigenvalue weighted by Crippen LogP contribution is 2.17. The Labute approximate surface area is 131 Å². The van der Waals surface area contributed by atoms with Crippen LogP contribution in [0.2, 0.25) is 5.02 Å². The summed E-state index contributed by atoms with van der Waals surface area (Å²) in [5.74, 6) is 2.05. The van der Waals surface area contributed by atoms with Gasteiger partial charge in [0.2, 0.25) is 0 Å². The second kappa shape index (κ2) is 7.64. The van der Waals surface area contributed by atoms with Crippen molar-refractivity contribution in [2.75, 3.05) is 13.6 Å². The molecule has 0 atom stereocenters. The minimum Gasteiger partial charge on any atom is -0.463 e. The number of hydrogen-bond acceptors (Lipinski definition) is 3. The van der Waals surface area contributed by atoms with Crippen LogP contribution in [0.1, 0.15) is 29.6 Å². The third-order valence-corrected chi connectivity index (χ3v) is 3.65. The van der Waals surface area contributed by atoms with Crippen molar-refractivity contribution in [3.63, 3.8) is 0 Å². The molecule has 0 amide bonds. The molecule has 0 spiro atoms. The Morgan fingerprint density at radius 2 is 1.90 bits per heavy atom. The van der Waals surface area contributed by atoms with E-state index >= 15 is 0 Å². The van der Waals surface area contributed by atoms with Crippen LogP contribution in [0.4, 0.5) is 0 Å². The Balaban J connectivity index is 1.93. The summed E-state index contributed by atoms with van der Waals surface area (Å²) >= 11 is 5.91. The van der Waals surface area contributed by atoms with E-state index in [0.29, 0.717) is 0 Å². The van der Waals surface area contributed by atoms with Gasteiger partial charge in [-0.2, -0.15) is 0 Å². The van der Waals surface area contributed by atoms with E-state index in [2.05, 4.69) is 49.3 Å². The molecule has 0 fully saturated rings. The van der Waals surface area contributed by atoms with Crippen LogP contribution in [0.5, 0.6) is 0 Å². The second-order valence-corrected chi connectivity index (χ2v) is 5.83. The molecular weight excluding hydrogens is 284 g/mol. The Kier molecular flexibility index (Phi) is 5.85. The maximum absolute atomic E-state index is 5.92. The van der Waals surface area contributed by atoms with E-state index < -0.39 is 0 Å². The summed E-state index contributed by atoms with van der Waals surface area (Å²) in [4.78, 5) is 2.23. The first-order valence-corrected chi connectivity index (χ1v) is 7.68. The zero-order valence-corrected chi connectivity index (χ0v) is 13.7. The van der Waals surface area contributed by atoms with Crippen molar-refractivity contribution in [1.82, 2.24) is 10.2 Å². The standard InChI is InChI=1S/C17H23ClN2O/c1-4-19-10-17-13(2)9-16(21-17)12-20(3)11-14-5-7-15(18)8-6-14/h5-9,19H,4,10-12H2,1-3H3. The molecule has 0 bridgehead atoms. The summed E-state index contributed by atoms with van der Waals surface area (Å²) in [7, 11) is 2.09. The van der Waals surface area contributed by atoms with Crippen LogP contribution in [0.15, 0.2) is 34.7 Å². The molecule has 0 radical (unpaired) electrons. The average molecular weight is 307 g/mol. The lowest BCUT2D eigenvalue weighted by Crippen LogP contribution is -2.16. The molecule has 1 N–H and O–H groups in total. The number of halogens is 1. The lowest BCUT2D eigenvalue weighted by molar-refractivity contribution is 0.282. The second-order valence-electron chi connectivity index (χ2n) is 5.40.